The van der Waals surface area contributed by atoms with Crippen LogP contribution in [0.15, 0.2) is 17.5 Å². The first-order valence-electron chi connectivity index (χ1n) is 6.16. The first-order chi connectivity index (χ1) is 7.77. The number of nitrogens with one attached hydrogen (secondary N) is 1. The maximum atomic E-state index is 11.9. The highest BCUT2D eigenvalue weighted by atomic mass is 32.1. The molecule has 1 aliphatic rings. The van der Waals surface area contributed by atoms with Crippen molar-refractivity contribution in [1.82, 2.24) is 0 Å². The summed E-state index contributed by atoms with van der Waals surface area (Å²) in [6, 6.07) is 4.59. The number of hydrogen-bond donors (Lipinski definition) is 1. The van der Waals surface area contributed by atoms with E-state index in [-0.39, 0.29) is 0 Å². The average molecular weight is 238 g/mol. The van der Waals surface area contributed by atoms with Crippen LogP contribution < -0.4 is 4.90 Å². The maximum Gasteiger partial charge on any atom is 0.226 e. The van der Waals surface area contributed by atoms with Crippen LogP contribution in [0.3, 0.4) is 0 Å². The van der Waals surface area contributed by atoms with Gasteiger partial charge in [0.05, 0.1) is 18.0 Å². The van der Waals surface area contributed by atoms with Gasteiger partial charge in [0.1, 0.15) is 6.54 Å². The standard InChI is InChI=1S/C13H19NOS/c1-14(11-6-3-2-4-7-11)10-12(15)13-8-5-9-16-13/h5,8-9,11H,2-4,6-7,10H2,1H3/p+1. The number of ketones is 1. The molecule has 1 N–H and O–H groups in total. The Morgan fingerprint density at radius 2 is 2.19 bits per heavy atom. The number of quaternary nitrogens is 1. The summed E-state index contributed by atoms with van der Waals surface area (Å²) < 4.78 is 0. The Labute approximate surface area is 101 Å². The lowest BCUT2D eigenvalue weighted by atomic mass is 9.94. The predicted octanol–water partition coefficient (Wildman–Crippen LogP) is 1.78. The highest BCUT2D eigenvalue weighted by Gasteiger charge is 2.23. The summed E-state index contributed by atoms with van der Waals surface area (Å²) in [5.41, 5.74) is 0. The topological polar surface area (TPSA) is 21.5 Å². The predicted molar refractivity (Wildman–Crippen MR) is 67.3 cm³/mol. The molecule has 1 heterocycles. The Morgan fingerprint density at radius 1 is 1.44 bits per heavy atom. The molecule has 2 nitrogen and oxygen atoms in total. The minimum Gasteiger partial charge on any atom is -0.328 e. The van der Waals surface area contributed by atoms with Gasteiger partial charge in [-0.1, -0.05) is 12.5 Å². The van der Waals surface area contributed by atoms with E-state index in [1.165, 1.54) is 37.0 Å². The molecule has 1 fully saturated rings. The summed E-state index contributed by atoms with van der Waals surface area (Å²) in [5.74, 6) is 0.304. The van der Waals surface area contributed by atoms with Crippen molar-refractivity contribution in [2.45, 2.75) is 38.1 Å². The van der Waals surface area contributed by atoms with Gasteiger partial charge in [0, 0.05) is 0 Å². The molecule has 1 aromatic rings. The molecular formula is C13H20NOS+. The second kappa shape index (κ2) is 5.60. The molecule has 1 aliphatic carbocycles. The van der Waals surface area contributed by atoms with Gasteiger partial charge in [0.25, 0.3) is 0 Å². The van der Waals surface area contributed by atoms with Crippen molar-refractivity contribution in [3.05, 3.63) is 22.4 Å². The monoisotopic (exact) mass is 238 g/mol. The van der Waals surface area contributed by atoms with Crippen LogP contribution in [-0.2, 0) is 0 Å². The van der Waals surface area contributed by atoms with Crippen LogP contribution in [0.25, 0.3) is 0 Å². The van der Waals surface area contributed by atoms with Crippen molar-refractivity contribution in [2.24, 2.45) is 0 Å². The zero-order valence-corrected chi connectivity index (χ0v) is 10.7. The maximum absolute atomic E-state index is 11.9. The highest BCUT2D eigenvalue weighted by Crippen LogP contribution is 2.15. The lowest BCUT2D eigenvalue weighted by Crippen LogP contribution is -3.13. The zero-order valence-electron chi connectivity index (χ0n) is 9.87. The van der Waals surface area contributed by atoms with Crippen molar-refractivity contribution in [2.75, 3.05) is 13.6 Å². The van der Waals surface area contributed by atoms with Gasteiger partial charge in [-0.15, -0.1) is 11.3 Å². The van der Waals surface area contributed by atoms with Gasteiger partial charge in [-0.05, 0) is 37.1 Å². The molecule has 88 valence electrons. The van der Waals surface area contributed by atoms with E-state index in [1.807, 2.05) is 17.5 Å². The molecule has 0 spiro atoms. The van der Waals surface area contributed by atoms with Gasteiger partial charge in [-0.25, -0.2) is 0 Å². The van der Waals surface area contributed by atoms with E-state index in [1.54, 1.807) is 11.3 Å². The number of thiophene rings is 1. The number of carbonyl (C=O) groups excluding carboxylic acids is 1. The van der Waals surface area contributed by atoms with Crippen LogP contribution >= 0.6 is 11.3 Å². The van der Waals surface area contributed by atoms with Crippen molar-refractivity contribution in [1.29, 1.82) is 0 Å². The van der Waals surface area contributed by atoms with Gasteiger partial charge in [-0.2, -0.15) is 0 Å². The van der Waals surface area contributed by atoms with Gasteiger partial charge in [-0.3, -0.25) is 4.79 Å². The molecule has 0 amide bonds. The lowest BCUT2D eigenvalue weighted by Gasteiger charge is -2.27. The van der Waals surface area contributed by atoms with E-state index in [2.05, 4.69) is 7.05 Å². The van der Waals surface area contributed by atoms with Gasteiger partial charge in [0.15, 0.2) is 0 Å². The third kappa shape index (κ3) is 2.92. The molecule has 1 saturated carbocycles. The molecule has 0 saturated heterocycles. The lowest BCUT2D eigenvalue weighted by molar-refractivity contribution is -0.898. The van der Waals surface area contributed by atoms with E-state index in [0.29, 0.717) is 18.4 Å². The van der Waals surface area contributed by atoms with E-state index >= 15 is 0 Å². The van der Waals surface area contributed by atoms with Gasteiger partial charge < -0.3 is 4.90 Å². The Bertz CT molecular complexity index is 328. The third-order valence-electron chi connectivity index (χ3n) is 3.54. The average Bonchev–Trinajstić information content (AvgIpc) is 2.83. The summed E-state index contributed by atoms with van der Waals surface area (Å²) in [6.07, 6.45) is 6.65. The smallest absolute Gasteiger partial charge is 0.226 e. The number of carbonyl (C=O) groups is 1. The molecular weight excluding hydrogens is 218 g/mol. The molecule has 1 aromatic heterocycles. The van der Waals surface area contributed by atoms with Crippen LogP contribution in [0, 0.1) is 0 Å². The largest absolute Gasteiger partial charge is 0.328 e. The fraction of sp³-hybridized carbons (Fsp3) is 0.615. The van der Waals surface area contributed by atoms with Crippen LogP contribution in [0.4, 0.5) is 0 Å². The van der Waals surface area contributed by atoms with E-state index < -0.39 is 0 Å². The second-order valence-electron chi connectivity index (χ2n) is 4.76. The van der Waals surface area contributed by atoms with Crippen molar-refractivity contribution >= 4 is 17.1 Å². The first kappa shape index (κ1) is 11.8. The van der Waals surface area contributed by atoms with Crippen molar-refractivity contribution in [3.8, 4) is 0 Å². The number of likely N-dealkylation sites (N-methyl/N-ethyl adjacent to an activating group) is 1. The number of rotatable bonds is 4. The van der Waals surface area contributed by atoms with Gasteiger partial charge in [0.2, 0.25) is 5.78 Å². The summed E-state index contributed by atoms with van der Waals surface area (Å²) >= 11 is 1.56. The molecule has 16 heavy (non-hydrogen) atoms. The van der Waals surface area contributed by atoms with Crippen molar-refractivity contribution < 1.29 is 9.69 Å². The van der Waals surface area contributed by atoms with Crippen LogP contribution in [0.1, 0.15) is 41.8 Å². The third-order valence-corrected chi connectivity index (χ3v) is 4.45. The van der Waals surface area contributed by atoms with Crippen LogP contribution in [0.5, 0.6) is 0 Å². The van der Waals surface area contributed by atoms with Crippen molar-refractivity contribution in [3.63, 3.8) is 0 Å². The Morgan fingerprint density at radius 3 is 2.81 bits per heavy atom. The molecule has 1 atom stereocenters. The highest BCUT2D eigenvalue weighted by molar-refractivity contribution is 7.12. The Kier molecular flexibility index (Phi) is 4.13. The first-order valence-corrected chi connectivity index (χ1v) is 7.04. The van der Waals surface area contributed by atoms with Crippen LogP contribution in [-0.4, -0.2) is 25.4 Å². The molecule has 0 bridgehead atoms. The normalized spacial score (nSPS) is 19.6. The Balaban J connectivity index is 1.86. The molecule has 0 aromatic carbocycles. The summed E-state index contributed by atoms with van der Waals surface area (Å²) in [4.78, 5) is 14.3. The summed E-state index contributed by atoms with van der Waals surface area (Å²) in [5, 5.41) is 1.98. The molecule has 3 heteroatoms. The number of hydrogen-bond acceptors (Lipinski definition) is 2. The Hall–Kier alpha value is -0.670. The zero-order chi connectivity index (χ0) is 11.4. The van der Waals surface area contributed by atoms with E-state index in [9.17, 15) is 4.79 Å². The quantitative estimate of drug-likeness (QED) is 0.793. The number of Topliss-reactive ketones (excluding diaryl/α,β-unsaturated/α-hetero) is 1. The molecule has 2 rings (SSSR count). The fourth-order valence-corrected chi connectivity index (χ4v) is 3.18. The van der Waals surface area contributed by atoms with E-state index in [4.69, 9.17) is 0 Å². The SMILES string of the molecule is C[NH+](CC(=O)c1cccs1)C1CCCCC1. The minimum absolute atomic E-state index is 0.304. The molecule has 0 aliphatic heterocycles. The fourth-order valence-electron chi connectivity index (χ4n) is 2.52. The summed E-state index contributed by atoms with van der Waals surface area (Å²) in [7, 11) is 2.17. The van der Waals surface area contributed by atoms with Crippen LogP contribution in [0.2, 0.25) is 0 Å². The molecule has 0 radical (unpaired) electrons. The summed E-state index contributed by atoms with van der Waals surface area (Å²) in [6.45, 7) is 0.658. The van der Waals surface area contributed by atoms with E-state index in [0.717, 1.165) is 4.88 Å². The molecule has 1 unspecified atom stereocenters. The minimum atomic E-state index is 0.304. The second-order valence-corrected chi connectivity index (χ2v) is 5.71. The van der Waals surface area contributed by atoms with Gasteiger partial charge >= 0.3 is 0 Å².